The number of hydrogen-bond acceptors (Lipinski definition) is 2. The van der Waals surface area contributed by atoms with Gasteiger partial charge in [0.05, 0.1) is 18.6 Å². The molecule has 0 unspecified atom stereocenters. The molecule has 1 aromatic heterocycles. The van der Waals surface area contributed by atoms with Crippen molar-refractivity contribution in [3.8, 4) is 0 Å². The topological polar surface area (TPSA) is 22.4 Å². The second-order valence-corrected chi connectivity index (χ2v) is 19.8. The van der Waals surface area contributed by atoms with Crippen molar-refractivity contribution < 1.29 is 8.84 Å². The first kappa shape index (κ1) is 24.9. The second kappa shape index (κ2) is 7.85. The standard InChI is InChI=1S/C31H50O2Si/c1-28(2,3)34(8,9)33-27-15-18-31(7)25-14-17-30(6)23(21-16-19-32-20-21)11-12-24(30)22(25)10-13-26(31)29(27,4)5/h11,16,19-20,22,24-27H,10,12-15,17-18H2,1-9H3/t22-,24-,25-,26-,27-,30-,31+/m0/s1. The maximum atomic E-state index is 7.15. The van der Waals surface area contributed by atoms with Crippen LogP contribution in [0.15, 0.2) is 29.1 Å². The maximum Gasteiger partial charge on any atom is 0.192 e. The molecule has 2 nitrogen and oxygen atoms in total. The molecular weight excluding hydrogens is 432 g/mol. The zero-order valence-electron chi connectivity index (χ0n) is 23.5. The fourth-order valence-corrected chi connectivity index (χ4v) is 10.7. The van der Waals surface area contributed by atoms with Gasteiger partial charge in [-0.05, 0) is 115 Å². The lowest BCUT2D eigenvalue weighted by Crippen LogP contribution is -2.61. The van der Waals surface area contributed by atoms with Gasteiger partial charge in [0.2, 0.25) is 0 Å². The molecule has 1 aromatic rings. The van der Waals surface area contributed by atoms with E-state index in [-0.39, 0.29) is 10.5 Å². The molecule has 34 heavy (non-hydrogen) atoms. The number of rotatable bonds is 3. The van der Waals surface area contributed by atoms with Gasteiger partial charge in [-0.1, -0.05) is 54.5 Å². The summed E-state index contributed by atoms with van der Waals surface area (Å²) >= 11 is 0. The van der Waals surface area contributed by atoms with Crippen LogP contribution in [0.1, 0.15) is 99.0 Å². The number of furan rings is 1. The van der Waals surface area contributed by atoms with Crippen molar-refractivity contribution >= 4 is 13.9 Å². The van der Waals surface area contributed by atoms with Gasteiger partial charge in [-0.15, -0.1) is 0 Å². The van der Waals surface area contributed by atoms with Crippen LogP contribution in [0, 0.1) is 39.9 Å². The third-order valence-electron chi connectivity index (χ3n) is 12.2. The highest BCUT2D eigenvalue weighted by Gasteiger charge is 2.63. The largest absolute Gasteiger partial charge is 0.472 e. The molecule has 0 amide bonds. The van der Waals surface area contributed by atoms with E-state index in [0.29, 0.717) is 16.9 Å². The van der Waals surface area contributed by atoms with E-state index < -0.39 is 8.32 Å². The fraction of sp³-hybridized carbons (Fsp3) is 0.806. The lowest BCUT2D eigenvalue weighted by Gasteiger charge is -2.65. The molecule has 0 saturated heterocycles. The molecule has 3 heteroatoms. The molecule has 3 fully saturated rings. The molecule has 4 aliphatic rings. The molecule has 0 aliphatic heterocycles. The Kier molecular flexibility index (Phi) is 5.74. The van der Waals surface area contributed by atoms with E-state index in [0.717, 1.165) is 23.7 Å². The van der Waals surface area contributed by atoms with Crippen LogP contribution in [0.2, 0.25) is 18.1 Å². The quantitative estimate of drug-likeness (QED) is 0.400. The van der Waals surface area contributed by atoms with E-state index in [9.17, 15) is 0 Å². The van der Waals surface area contributed by atoms with Crippen LogP contribution in [0.5, 0.6) is 0 Å². The summed E-state index contributed by atoms with van der Waals surface area (Å²) in [6.45, 7) is 22.4. The minimum absolute atomic E-state index is 0.254. The zero-order valence-corrected chi connectivity index (χ0v) is 24.5. The van der Waals surface area contributed by atoms with Crippen LogP contribution in [0.25, 0.3) is 5.57 Å². The summed E-state index contributed by atoms with van der Waals surface area (Å²) in [5.41, 5.74) is 3.94. The third-order valence-corrected chi connectivity index (χ3v) is 16.7. The highest BCUT2D eigenvalue weighted by atomic mass is 28.4. The molecule has 0 spiro atoms. The van der Waals surface area contributed by atoms with Crippen molar-refractivity contribution in [2.75, 3.05) is 0 Å². The lowest BCUT2D eigenvalue weighted by atomic mass is 9.41. The summed E-state index contributed by atoms with van der Waals surface area (Å²) in [4.78, 5) is 0. The van der Waals surface area contributed by atoms with Crippen LogP contribution in [0.4, 0.5) is 0 Å². The van der Waals surface area contributed by atoms with E-state index >= 15 is 0 Å². The van der Waals surface area contributed by atoms with Crippen molar-refractivity contribution in [3.63, 3.8) is 0 Å². The molecule has 4 aliphatic carbocycles. The highest BCUT2D eigenvalue weighted by molar-refractivity contribution is 6.74. The van der Waals surface area contributed by atoms with Gasteiger partial charge < -0.3 is 8.84 Å². The summed E-state index contributed by atoms with van der Waals surface area (Å²) < 4.78 is 12.6. The Morgan fingerprint density at radius 1 is 0.971 bits per heavy atom. The maximum absolute atomic E-state index is 7.15. The van der Waals surface area contributed by atoms with Crippen LogP contribution >= 0.6 is 0 Å². The highest BCUT2D eigenvalue weighted by Crippen LogP contribution is 2.70. The molecule has 0 bridgehead atoms. The van der Waals surface area contributed by atoms with E-state index in [1.807, 2.05) is 12.5 Å². The molecule has 7 atom stereocenters. The Morgan fingerprint density at radius 2 is 1.71 bits per heavy atom. The van der Waals surface area contributed by atoms with Gasteiger partial charge in [0.1, 0.15) is 0 Å². The SMILES string of the molecule is CC1(C)[C@@H](O[Si](C)(C)C(C)(C)C)CC[C@]2(C)[C@H]3CC[C@@]4(C)C(c5ccoc5)=CC[C@H]4[C@@H]3CC[C@@H]12. The Balaban J connectivity index is 1.38. The number of fused-ring (bicyclic) bond motifs is 5. The Labute approximate surface area is 210 Å². The van der Waals surface area contributed by atoms with Crippen molar-refractivity contribution in [3.05, 3.63) is 30.2 Å². The zero-order chi connectivity index (χ0) is 24.7. The van der Waals surface area contributed by atoms with Gasteiger partial charge >= 0.3 is 0 Å². The van der Waals surface area contributed by atoms with Gasteiger partial charge in [-0.3, -0.25) is 0 Å². The molecule has 0 N–H and O–H groups in total. The average Bonchev–Trinajstić information content (AvgIpc) is 3.36. The summed E-state index contributed by atoms with van der Waals surface area (Å²) in [6.07, 6.45) is 16.2. The Hall–Kier alpha value is -0.803. The van der Waals surface area contributed by atoms with Gasteiger partial charge in [0.25, 0.3) is 0 Å². The van der Waals surface area contributed by atoms with Crippen molar-refractivity contribution in [1.82, 2.24) is 0 Å². The number of allylic oxidation sites excluding steroid dienone is 2. The first-order chi connectivity index (χ1) is 15.7. The minimum atomic E-state index is -1.77. The Bertz CT molecular complexity index is 935. The smallest absolute Gasteiger partial charge is 0.192 e. The van der Waals surface area contributed by atoms with Crippen molar-refractivity contribution in [2.24, 2.45) is 39.9 Å². The van der Waals surface area contributed by atoms with E-state index in [2.05, 4.69) is 73.7 Å². The molecule has 1 heterocycles. The predicted molar refractivity (Wildman–Crippen MR) is 145 cm³/mol. The van der Waals surface area contributed by atoms with Crippen molar-refractivity contribution in [1.29, 1.82) is 0 Å². The van der Waals surface area contributed by atoms with Gasteiger partial charge in [-0.25, -0.2) is 0 Å². The van der Waals surface area contributed by atoms with Gasteiger partial charge in [0, 0.05) is 5.56 Å². The van der Waals surface area contributed by atoms with Crippen LogP contribution in [-0.2, 0) is 4.43 Å². The molecule has 0 aromatic carbocycles. The predicted octanol–water partition coefficient (Wildman–Crippen LogP) is 9.34. The lowest BCUT2D eigenvalue weighted by molar-refractivity contribution is -0.169. The van der Waals surface area contributed by atoms with E-state index in [1.165, 1.54) is 50.5 Å². The molecular formula is C31H50O2Si. The fourth-order valence-electron chi connectivity index (χ4n) is 9.25. The first-order valence-electron chi connectivity index (χ1n) is 14.1. The second-order valence-electron chi connectivity index (χ2n) is 15.1. The summed E-state index contributed by atoms with van der Waals surface area (Å²) in [6, 6.07) is 2.18. The van der Waals surface area contributed by atoms with Gasteiger partial charge in [0.15, 0.2) is 8.32 Å². The monoisotopic (exact) mass is 482 g/mol. The molecule has 5 rings (SSSR count). The molecule has 190 valence electrons. The molecule has 3 saturated carbocycles. The van der Waals surface area contributed by atoms with Crippen LogP contribution in [-0.4, -0.2) is 14.4 Å². The van der Waals surface area contributed by atoms with Crippen LogP contribution in [0.3, 0.4) is 0 Å². The minimum Gasteiger partial charge on any atom is -0.472 e. The van der Waals surface area contributed by atoms with E-state index in [1.54, 1.807) is 5.57 Å². The summed E-state index contributed by atoms with van der Waals surface area (Å²) in [7, 11) is -1.77. The number of hydrogen-bond donors (Lipinski definition) is 0. The third kappa shape index (κ3) is 3.50. The summed E-state index contributed by atoms with van der Waals surface area (Å²) in [5, 5.41) is 0.275. The van der Waals surface area contributed by atoms with E-state index in [4.69, 9.17) is 8.84 Å². The molecule has 0 radical (unpaired) electrons. The van der Waals surface area contributed by atoms with Crippen molar-refractivity contribution in [2.45, 2.75) is 118 Å². The van der Waals surface area contributed by atoms with Gasteiger partial charge in [-0.2, -0.15) is 0 Å². The average molecular weight is 483 g/mol. The normalized spacial score (nSPS) is 41.9. The Morgan fingerprint density at radius 3 is 2.35 bits per heavy atom. The summed E-state index contributed by atoms with van der Waals surface area (Å²) in [5.74, 6) is 3.32. The van der Waals surface area contributed by atoms with Crippen LogP contribution < -0.4 is 0 Å². The first-order valence-corrected chi connectivity index (χ1v) is 17.0.